The van der Waals surface area contributed by atoms with Gasteiger partial charge in [0, 0.05) is 6.42 Å². The van der Waals surface area contributed by atoms with Crippen molar-refractivity contribution in [3.05, 3.63) is 192 Å². The van der Waals surface area contributed by atoms with Gasteiger partial charge in [0.2, 0.25) is 5.79 Å². The average molecular weight is 843 g/mol. The van der Waals surface area contributed by atoms with Crippen LogP contribution >= 0.6 is 0 Å². The van der Waals surface area contributed by atoms with Gasteiger partial charge in [-0.2, -0.15) is 0 Å². The molecule has 10 atom stereocenters. The first-order valence-corrected chi connectivity index (χ1v) is 20.5. The SMILES string of the molecule is C=CC[C@@]1(O[C@@H]2[C@H](OCc3ccccc3)[C@@H](OCc3ccccc3)[C@H](C)O[C@H]2O)O[C@@H](C)[C@H](OC(=O)c2ccccc2)[C@@H](OC(=O)c2ccccc2)[C@H]1OC(=O)c1ccccc1. The number of hydrogen-bond acceptors (Lipinski definition) is 12. The molecule has 0 unspecified atom stereocenters. The van der Waals surface area contributed by atoms with Crippen molar-refractivity contribution in [3.63, 3.8) is 0 Å². The lowest BCUT2D eigenvalue weighted by atomic mass is 9.89. The van der Waals surface area contributed by atoms with Crippen LogP contribution in [0.25, 0.3) is 0 Å². The van der Waals surface area contributed by atoms with E-state index in [0.717, 1.165) is 11.1 Å². The molecule has 62 heavy (non-hydrogen) atoms. The summed E-state index contributed by atoms with van der Waals surface area (Å²) in [6.07, 6.45) is -9.91. The van der Waals surface area contributed by atoms with Crippen molar-refractivity contribution in [3.8, 4) is 0 Å². The second-order valence-electron chi connectivity index (χ2n) is 15.1. The monoisotopic (exact) mass is 842 g/mol. The third-order valence-electron chi connectivity index (χ3n) is 10.7. The van der Waals surface area contributed by atoms with Crippen LogP contribution in [0.2, 0.25) is 0 Å². The number of carbonyl (C=O) groups excluding carboxylic acids is 3. The van der Waals surface area contributed by atoms with Crippen molar-refractivity contribution < 1.29 is 57.4 Å². The van der Waals surface area contributed by atoms with E-state index in [9.17, 15) is 19.5 Å². The van der Waals surface area contributed by atoms with Crippen LogP contribution in [0.3, 0.4) is 0 Å². The normalized spacial score (nSPS) is 27.0. The topological polar surface area (TPSA) is 145 Å². The second-order valence-corrected chi connectivity index (χ2v) is 15.1. The number of hydrogen-bond donors (Lipinski definition) is 1. The molecule has 5 aromatic rings. The largest absolute Gasteiger partial charge is 0.452 e. The highest BCUT2D eigenvalue weighted by Gasteiger charge is 2.62. The molecule has 0 spiro atoms. The van der Waals surface area contributed by atoms with Crippen LogP contribution in [-0.2, 0) is 51.1 Å². The third-order valence-corrected chi connectivity index (χ3v) is 10.7. The van der Waals surface area contributed by atoms with Gasteiger partial charge in [-0.3, -0.25) is 0 Å². The molecule has 0 radical (unpaired) electrons. The zero-order valence-electron chi connectivity index (χ0n) is 34.5. The predicted octanol–water partition coefficient (Wildman–Crippen LogP) is 7.65. The van der Waals surface area contributed by atoms with Crippen LogP contribution in [0.5, 0.6) is 0 Å². The van der Waals surface area contributed by atoms with Crippen LogP contribution in [-0.4, -0.2) is 83.9 Å². The highest BCUT2D eigenvalue weighted by atomic mass is 16.8. The Kier molecular flexibility index (Phi) is 14.7. The molecule has 0 aliphatic carbocycles. The van der Waals surface area contributed by atoms with E-state index >= 15 is 0 Å². The Morgan fingerprint density at radius 2 is 0.984 bits per heavy atom. The van der Waals surface area contributed by atoms with Crippen LogP contribution in [0, 0.1) is 0 Å². The van der Waals surface area contributed by atoms with E-state index in [1.54, 1.807) is 105 Å². The van der Waals surface area contributed by atoms with Crippen LogP contribution < -0.4 is 0 Å². The summed E-state index contributed by atoms with van der Waals surface area (Å²) < 4.78 is 51.8. The molecular weight excluding hydrogens is 793 g/mol. The fourth-order valence-electron chi connectivity index (χ4n) is 7.68. The van der Waals surface area contributed by atoms with Crippen molar-refractivity contribution in [1.82, 2.24) is 0 Å². The number of aliphatic hydroxyl groups excluding tert-OH is 1. The minimum Gasteiger partial charge on any atom is -0.452 e. The molecule has 322 valence electrons. The van der Waals surface area contributed by atoms with Gasteiger partial charge >= 0.3 is 17.9 Å². The van der Waals surface area contributed by atoms with Crippen molar-refractivity contribution in [1.29, 1.82) is 0 Å². The van der Waals surface area contributed by atoms with Gasteiger partial charge in [0.05, 0.1) is 42.1 Å². The molecule has 0 aromatic heterocycles. The minimum atomic E-state index is -2.09. The van der Waals surface area contributed by atoms with E-state index in [2.05, 4.69) is 6.58 Å². The van der Waals surface area contributed by atoms with Crippen LogP contribution in [0.1, 0.15) is 62.5 Å². The standard InChI is InChI=1S/C50H50O12/c1-4-30-50(62-44-42(56-32-36-22-12-6-13-23-36)40(33(2)57-49(44)54)55-31-35-20-10-5-11-21-35)45(60-48(53)39-28-18-9-19-29-39)43(59-47(52)38-26-16-8-17-27-38)41(34(3)61-50)58-46(51)37-24-14-7-15-25-37/h4-29,33-34,40-45,49,54H,1,30-32H2,2-3H3/t33-,34-,40-,41-,42+,43+,44+,45+,49+,50-/m0/s1. The zero-order valence-corrected chi connectivity index (χ0v) is 34.5. The van der Waals surface area contributed by atoms with Crippen LogP contribution in [0.4, 0.5) is 0 Å². The fraction of sp³-hybridized carbons (Fsp3) is 0.300. The van der Waals surface area contributed by atoms with Crippen LogP contribution in [0.15, 0.2) is 164 Å². The smallest absolute Gasteiger partial charge is 0.338 e. The third kappa shape index (κ3) is 10.5. The van der Waals surface area contributed by atoms with E-state index in [1.807, 2.05) is 60.7 Å². The van der Waals surface area contributed by atoms with Gasteiger partial charge in [0.1, 0.15) is 18.3 Å². The predicted molar refractivity (Wildman–Crippen MR) is 226 cm³/mol. The van der Waals surface area contributed by atoms with Gasteiger partial charge in [0.15, 0.2) is 24.6 Å². The molecule has 12 heteroatoms. The lowest BCUT2D eigenvalue weighted by molar-refractivity contribution is -0.404. The Hall–Kier alpha value is -5.99. The molecule has 2 aliphatic rings. The maximum atomic E-state index is 14.2. The highest BCUT2D eigenvalue weighted by molar-refractivity contribution is 5.91. The van der Waals surface area contributed by atoms with Gasteiger partial charge in [-0.05, 0) is 61.4 Å². The molecule has 7 rings (SSSR count). The molecule has 2 saturated heterocycles. The molecule has 0 bridgehead atoms. The van der Waals surface area contributed by atoms with Crippen molar-refractivity contribution in [2.45, 2.75) is 94.4 Å². The second kappa shape index (κ2) is 20.7. The van der Waals surface area contributed by atoms with Crippen molar-refractivity contribution in [2.75, 3.05) is 0 Å². The van der Waals surface area contributed by atoms with Gasteiger partial charge in [-0.25, -0.2) is 14.4 Å². The number of rotatable bonds is 16. The van der Waals surface area contributed by atoms with Gasteiger partial charge in [-0.1, -0.05) is 121 Å². The summed E-state index contributed by atoms with van der Waals surface area (Å²) in [4.78, 5) is 42.0. The highest BCUT2D eigenvalue weighted by Crippen LogP contribution is 2.43. The van der Waals surface area contributed by atoms with Gasteiger partial charge in [-0.15, -0.1) is 6.58 Å². The lowest BCUT2D eigenvalue weighted by Gasteiger charge is -2.53. The maximum absolute atomic E-state index is 14.2. The maximum Gasteiger partial charge on any atom is 0.338 e. The summed E-state index contributed by atoms with van der Waals surface area (Å²) >= 11 is 0. The summed E-state index contributed by atoms with van der Waals surface area (Å²) in [7, 11) is 0. The number of benzene rings is 5. The van der Waals surface area contributed by atoms with Crippen molar-refractivity contribution in [2.24, 2.45) is 0 Å². The average Bonchev–Trinajstić information content (AvgIpc) is 3.30. The summed E-state index contributed by atoms with van der Waals surface area (Å²) in [6.45, 7) is 7.66. The van der Waals surface area contributed by atoms with Crippen molar-refractivity contribution >= 4 is 17.9 Å². The first kappa shape index (κ1) is 44.1. The number of aliphatic hydroxyl groups is 1. The molecule has 0 amide bonds. The summed E-state index contributed by atoms with van der Waals surface area (Å²) in [5.41, 5.74) is 2.31. The molecule has 12 nitrogen and oxygen atoms in total. The Morgan fingerprint density at radius 3 is 1.45 bits per heavy atom. The number of esters is 3. The lowest BCUT2D eigenvalue weighted by Crippen LogP contribution is -2.70. The minimum absolute atomic E-state index is 0.100. The molecule has 2 heterocycles. The fourth-order valence-corrected chi connectivity index (χ4v) is 7.68. The zero-order chi connectivity index (χ0) is 43.5. The first-order chi connectivity index (χ1) is 30.2. The first-order valence-electron chi connectivity index (χ1n) is 20.5. The summed E-state index contributed by atoms with van der Waals surface area (Å²) in [5.74, 6) is -4.45. The van der Waals surface area contributed by atoms with E-state index < -0.39 is 78.8 Å². The molecule has 1 N–H and O–H groups in total. The Morgan fingerprint density at radius 1 is 0.565 bits per heavy atom. The number of ether oxygens (including phenoxy) is 8. The molecule has 2 aliphatic heterocycles. The summed E-state index contributed by atoms with van der Waals surface area (Å²) in [5, 5.41) is 11.9. The Balaban J connectivity index is 1.32. The Bertz CT molecular complexity index is 2210. The van der Waals surface area contributed by atoms with Gasteiger partial charge in [0.25, 0.3) is 0 Å². The quantitative estimate of drug-likeness (QED) is 0.0592. The van der Waals surface area contributed by atoms with E-state index in [4.69, 9.17) is 37.9 Å². The van der Waals surface area contributed by atoms with Gasteiger partial charge < -0.3 is 43.0 Å². The molecule has 5 aromatic carbocycles. The number of carbonyl (C=O) groups is 3. The summed E-state index contributed by atoms with van der Waals surface area (Å²) in [6, 6.07) is 43.8. The van der Waals surface area contributed by atoms with E-state index in [-0.39, 0.29) is 36.3 Å². The molecule has 0 saturated carbocycles. The Labute approximate surface area is 360 Å². The molecular formula is C50H50O12. The molecule has 2 fully saturated rings. The van der Waals surface area contributed by atoms with E-state index in [0.29, 0.717) is 0 Å². The van der Waals surface area contributed by atoms with E-state index in [1.165, 1.54) is 6.08 Å².